The maximum absolute atomic E-state index is 12.9. The zero-order chi connectivity index (χ0) is 15.4. The van der Waals surface area contributed by atoms with Crippen LogP contribution in [0.4, 0.5) is 0 Å². The lowest BCUT2D eigenvalue weighted by atomic mass is 9.62. The smallest absolute Gasteiger partial charge is 0.144 e. The molecule has 2 aromatic rings. The number of carbonyl (C=O) groups excluding carboxylic acids is 1. The lowest BCUT2D eigenvalue weighted by molar-refractivity contribution is -0.126. The van der Waals surface area contributed by atoms with Crippen molar-refractivity contribution in [3.8, 4) is 11.1 Å². The van der Waals surface area contributed by atoms with Crippen molar-refractivity contribution in [2.75, 3.05) is 0 Å². The fourth-order valence-corrected chi connectivity index (χ4v) is 5.15. The van der Waals surface area contributed by atoms with Crippen LogP contribution in [0.15, 0.2) is 60.7 Å². The molecule has 3 aliphatic carbocycles. The highest BCUT2D eigenvalue weighted by Gasteiger charge is 2.55. The number of benzene rings is 2. The van der Waals surface area contributed by atoms with Crippen molar-refractivity contribution < 1.29 is 4.79 Å². The van der Waals surface area contributed by atoms with E-state index in [1.807, 2.05) is 0 Å². The largest absolute Gasteiger partial charge is 0.299 e. The average Bonchev–Trinajstić information content (AvgIpc) is 3.21. The zero-order valence-electron chi connectivity index (χ0n) is 13.2. The molecule has 0 saturated heterocycles. The Morgan fingerprint density at radius 3 is 2.52 bits per heavy atom. The van der Waals surface area contributed by atoms with Gasteiger partial charge >= 0.3 is 0 Å². The van der Waals surface area contributed by atoms with Crippen molar-refractivity contribution >= 4 is 5.78 Å². The SMILES string of the molecule is O=C1CCc2cc(-c3ccccc3)ccc2C12CC1C=CC2C1. The normalized spacial score (nSPS) is 30.9. The molecule has 1 fully saturated rings. The minimum atomic E-state index is -0.206. The van der Waals surface area contributed by atoms with Gasteiger partial charge < -0.3 is 0 Å². The Morgan fingerprint density at radius 1 is 0.913 bits per heavy atom. The van der Waals surface area contributed by atoms with E-state index in [1.54, 1.807) is 0 Å². The van der Waals surface area contributed by atoms with Gasteiger partial charge in [-0.05, 0) is 53.4 Å². The van der Waals surface area contributed by atoms with Crippen molar-refractivity contribution in [2.24, 2.45) is 11.8 Å². The van der Waals surface area contributed by atoms with Gasteiger partial charge in [0.1, 0.15) is 5.78 Å². The summed E-state index contributed by atoms with van der Waals surface area (Å²) in [7, 11) is 0. The quantitative estimate of drug-likeness (QED) is 0.698. The molecule has 1 saturated carbocycles. The van der Waals surface area contributed by atoms with Crippen LogP contribution in [-0.2, 0) is 16.6 Å². The summed E-state index contributed by atoms with van der Waals surface area (Å²) < 4.78 is 0. The highest BCUT2D eigenvalue weighted by molar-refractivity contribution is 5.94. The van der Waals surface area contributed by atoms with Crippen LogP contribution in [0.2, 0.25) is 0 Å². The minimum absolute atomic E-state index is 0.206. The molecular weight excluding hydrogens is 280 g/mol. The second-order valence-corrected chi connectivity index (χ2v) is 7.32. The van der Waals surface area contributed by atoms with E-state index in [0.29, 0.717) is 24.0 Å². The van der Waals surface area contributed by atoms with Crippen molar-refractivity contribution in [2.45, 2.75) is 31.1 Å². The molecule has 1 heteroatoms. The maximum Gasteiger partial charge on any atom is 0.144 e. The summed E-state index contributed by atoms with van der Waals surface area (Å²) in [5.41, 5.74) is 5.04. The van der Waals surface area contributed by atoms with Gasteiger partial charge in [0.2, 0.25) is 0 Å². The third kappa shape index (κ3) is 1.77. The Labute approximate surface area is 137 Å². The van der Waals surface area contributed by atoms with Gasteiger partial charge in [-0.25, -0.2) is 0 Å². The summed E-state index contributed by atoms with van der Waals surface area (Å²) in [4.78, 5) is 12.9. The molecule has 0 aromatic heterocycles. The predicted molar refractivity (Wildman–Crippen MR) is 92.2 cm³/mol. The number of rotatable bonds is 1. The molecule has 0 heterocycles. The van der Waals surface area contributed by atoms with Gasteiger partial charge in [-0.15, -0.1) is 0 Å². The van der Waals surface area contributed by atoms with Gasteiger partial charge in [0.05, 0.1) is 5.41 Å². The molecule has 3 atom stereocenters. The van der Waals surface area contributed by atoms with E-state index in [-0.39, 0.29) is 5.41 Å². The number of carbonyl (C=O) groups is 1. The van der Waals surface area contributed by atoms with Crippen LogP contribution in [0.5, 0.6) is 0 Å². The Hall–Kier alpha value is -2.15. The second kappa shape index (κ2) is 4.67. The molecule has 0 amide bonds. The van der Waals surface area contributed by atoms with Crippen molar-refractivity contribution in [3.63, 3.8) is 0 Å². The van der Waals surface area contributed by atoms with Gasteiger partial charge in [0.15, 0.2) is 0 Å². The fourth-order valence-electron chi connectivity index (χ4n) is 5.15. The Bertz CT molecular complexity index is 817. The standard InChI is InChI=1S/C22H20O/c23-21-11-8-18-13-17(16-4-2-1-3-5-16)7-10-20(18)22(21)14-15-6-9-19(22)12-15/h1-7,9-10,13,15,19H,8,11-12,14H2. The fraction of sp³-hybridized carbons (Fsp3) is 0.318. The molecule has 0 aliphatic heterocycles. The van der Waals surface area contributed by atoms with Crippen LogP contribution in [0, 0.1) is 11.8 Å². The zero-order valence-corrected chi connectivity index (χ0v) is 13.2. The molecule has 114 valence electrons. The molecule has 3 unspecified atom stereocenters. The van der Waals surface area contributed by atoms with Crippen LogP contribution < -0.4 is 0 Å². The summed E-state index contributed by atoms with van der Waals surface area (Å²) in [6.45, 7) is 0. The van der Waals surface area contributed by atoms with Crippen LogP contribution in [0.3, 0.4) is 0 Å². The van der Waals surface area contributed by atoms with Crippen LogP contribution in [0.1, 0.15) is 30.4 Å². The van der Waals surface area contributed by atoms with Crippen molar-refractivity contribution in [3.05, 3.63) is 71.8 Å². The first-order valence-electron chi connectivity index (χ1n) is 8.68. The number of allylic oxidation sites excluding steroid dienone is 2. The minimum Gasteiger partial charge on any atom is -0.299 e. The molecule has 2 bridgehead atoms. The Kier molecular flexibility index (Phi) is 2.70. The first-order chi connectivity index (χ1) is 11.3. The molecule has 1 nitrogen and oxygen atoms in total. The molecule has 3 aliphatic rings. The second-order valence-electron chi connectivity index (χ2n) is 7.32. The van der Waals surface area contributed by atoms with Gasteiger partial charge in [-0.3, -0.25) is 4.79 Å². The summed E-state index contributed by atoms with van der Waals surface area (Å²) in [6.07, 6.45) is 8.46. The molecule has 23 heavy (non-hydrogen) atoms. The number of ketones is 1. The van der Waals surface area contributed by atoms with Crippen LogP contribution in [0.25, 0.3) is 11.1 Å². The lowest BCUT2D eigenvalue weighted by Crippen LogP contribution is -2.43. The highest BCUT2D eigenvalue weighted by atomic mass is 16.1. The molecule has 1 spiro atoms. The monoisotopic (exact) mass is 300 g/mol. The first kappa shape index (κ1) is 13.3. The molecule has 0 N–H and O–H groups in total. The molecule has 2 aromatic carbocycles. The molecular formula is C22H20O. The van der Waals surface area contributed by atoms with Crippen molar-refractivity contribution in [1.29, 1.82) is 0 Å². The van der Waals surface area contributed by atoms with E-state index < -0.39 is 0 Å². The van der Waals surface area contributed by atoms with Crippen LogP contribution in [-0.4, -0.2) is 5.78 Å². The number of aryl methyl sites for hydroxylation is 1. The van der Waals surface area contributed by atoms with Gasteiger partial charge in [0, 0.05) is 6.42 Å². The molecule has 0 radical (unpaired) electrons. The average molecular weight is 300 g/mol. The maximum atomic E-state index is 12.9. The molecule has 5 rings (SSSR count). The Morgan fingerprint density at radius 2 is 1.78 bits per heavy atom. The van der Waals surface area contributed by atoms with E-state index in [1.165, 1.54) is 28.7 Å². The lowest BCUT2D eigenvalue weighted by Gasteiger charge is -2.39. The summed E-state index contributed by atoms with van der Waals surface area (Å²) >= 11 is 0. The summed E-state index contributed by atoms with van der Waals surface area (Å²) in [5, 5.41) is 0. The van der Waals surface area contributed by atoms with E-state index in [4.69, 9.17) is 0 Å². The topological polar surface area (TPSA) is 17.1 Å². The van der Waals surface area contributed by atoms with Crippen LogP contribution >= 0.6 is 0 Å². The Balaban J connectivity index is 1.65. The van der Waals surface area contributed by atoms with E-state index in [0.717, 1.165) is 12.8 Å². The number of fused-ring (bicyclic) bond motifs is 5. The van der Waals surface area contributed by atoms with E-state index in [9.17, 15) is 4.79 Å². The van der Waals surface area contributed by atoms with E-state index >= 15 is 0 Å². The third-order valence-corrected chi connectivity index (χ3v) is 6.20. The van der Waals surface area contributed by atoms with E-state index in [2.05, 4.69) is 60.7 Å². The summed E-state index contributed by atoms with van der Waals surface area (Å²) in [5.74, 6) is 1.53. The third-order valence-electron chi connectivity index (χ3n) is 6.20. The first-order valence-corrected chi connectivity index (χ1v) is 8.68. The summed E-state index contributed by atoms with van der Waals surface area (Å²) in [6, 6.07) is 17.3. The van der Waals surface area contributed by atoms with Gasteiger partial charge in [-0.1, -0.05) is 60.7 Å². The van der Waals surface area contributed by atoms with Crippen molar-refractivity contribution in [1.82, 2.24) is 0 Å². The van der Waals surface area contributed by atoms with Gasteiger partial charge in [-0.2, -0.15) is 0 Å². The highest BCUT2D eigenvalue weighted by Crippen LogP contribution is 2.56. The predicted octanol–water partition coefficient (Wildman–Crippen LogP) is 4.70. The number of Topliss-reactive ketones (excluding diaryl/α,β-unsaturated/α-hetero) is 1. The van der Waals surface area contributed by atoms with Gasteiger partial charge in [0.25, 0.3) is 0 Å². The number of hydrogen-bond donors (Lipinski definition) is 0. The number of hydrogen-bond acceptors (Lipinski definition) is 1.